The van der Waals surface area contributed by atoms with Crippen molar-refractivity contribution < 1.29 is 88.2 Å². The molecule has 39 heteroatoms. The molecule has 0 aromatic heterocycles. The molecule has 5 amide bonds. The molecule has 30 nitrogen and oxygen atoms in total. The van der Waals surface area contributed by atoms with E-state index in [9.17, 15) is 59.8 Å². The summed E-state index contributed by atoms with van der Waals surface area (Å²) in [6, 6.07) is 29.9. The summed E-state index contributed by atoms with van der Waals surface area (Å²) in [7, 11) is -5.91. The van der Waals surface area contributed by atoms with Crippen LogP contribution in [-0.4, -0.2) is 269 Å². The second kappa shape index (κ2) is 47.4. The number of fused-ring (bicyclic) bond motifs is 3. The second-order valence-corrected chi connectivity index (χ2v) is 37.7. The molecule has 0 bridgehead atoms. The lowest BCUT2D eigenvalue weighted by molar-refractivity contribution is -0.121. The second-order valence-electron chi connectivity index (χ2n) is 29.9. The van der Waals surface area contributed by atoms with E-state index in [-0.39, 0.29) is 190 Å². The van der Waals surface area contributed by atoms with Crippen LogP contribution in [0.5, 0.6) is 0 Å². The van der Waals surface area contributed by atoms with Gasteiger partial charge in [0.15, 0.2) is 0 Å². The fraction of sp³-hybridized carbons (Fsp3) is 0.506. The Morgan fingerprint density at radius 1 is 0.383 bits per heavy atom. The monoisotopic (exact) mass is 1840 g/mol. The van der Waals surface area contributed by atoms with Crippen molar-refractivity contribution in [3.05, 3.63) is 189 Å². The van der Waals surface area contributed by atoms with Crippen LogP contribution in [0.4, 0.5) is 4.79 Å². The van der Waals surface area contributed by atoms with E-state index in [0.29, 0.717) is 69.4 Å². The number of aliphatic hydroxyl groups excluding tert-OH is 3. The molecule has 0 unspecified atom stereocenters. The average molecular weight is 1850 g/mol. The van der Waals surface area contributed by atoms with Crippen molar-refractivity contribution >= 4 is 123 Å². The highest BCUT2D eigenvalue weighted by molar-refractivity contribution is 7.90. The molecule has 11 N–H and O–H groups in total. The quantitative estimate of drug-likeness (QED) is 0.0169. The highest BCUT2D eigenvalue weighted by atomic mass is 35.5. The molecular weight excluding hydrogens is 1740 g/mol. The van der Waals surface area contributed by atoms with Crippen molar-refractivity contribution in [3.8, 4) is 0 Å². The first-order valence-corrected chi connectivity index (χ1v) is 46.0. The van der Waals surface area contributed by atoms with E-state index in [1.807, 2.05) is 57.5 Å². The fourth-order valence-corrected chi connectivity index (χ4v) is 19.4. The minimum atomic E-state index is -3.94. The van der Waals surface area contributed by atoms with Crippen molar-refractivity contribution in [2.45, 2.75) is 102 Å². The molecule has 6 aromatic carbocycles. The summed E-state index contributed by atoms with van der Waals surface area (Å²) in [5, 5.41) is 47.1. The average Bonchev–Trinajstić information content (AvgIpc) is 0.779. The number of rotatable bonds is 50. The van der Waals surface area contributed by atoms with Gasteiger partial charge in [-0.3, -0.25) is 14.4 Å². The van der Waals surface area contributed by atoms with Crippen LogP contribution in [-0.2, 0) is 92.5 Å². The minimum Gasteiger partial charge on any atom is -0.394 e. The van der Waals surface area contributed by atoms with Gasteiger partial charge in [-0.2, -0.15) is 0 Å². The van der Waals surface area contributed by atoms with Crippen LogP contribution in [0, 0.1) is 0 Å². The Morgan fingerprint density at radius 2 is 0.650 bits per heavy atom. The third-order valence-electron chi connectivity index (χ3n) is 20.8. The van der Waals surface area contributed by atoms with Crippen LogP contribution in [0.25, 0.3) is 0 Å². The molecule has 3 heterocycles. The van der Waals surface area contributed by atoms with Crippen molar-refractivity contribution in [1.29, 1.82) is 0 Å². The van der Waals surface area contributed by atoms with Gasteiger partial charge in [-0.1, -0.05) is 106 Å². The number of aliphatic hydroxyl groups is 3. The Kier molecular flexibility index (Phi) is 38.6. The lowest BCUT2D eigenvalue weighted by atomic mass is 9.83. The molecular formula is C81H107Cl6N11O19S3. The molecule has 120 heavy (non-hydrogen) atoms. The van der Waals surface area contributed by atoms with E-state index < -0.39 is 84.7 Å². The predicted octanol–water partition coefficient (Wildman–Crippen LogP) is 7.12. The SMILES string of the molecule is CN1Cc2c(Cl)cc(Cl)cc2[C@H](c2cccc(S(=O)(=O)NCCOCCOCCNC(=O)CCC(CCC(=O)NCCOCCOCCNS(=O)(=O)c3cccc([C@@H]4CN(C)Cc5c(Cl)cc(Cl)cc54)c3)(CCC(=O)NCCOCCOCCNS(=O)(=O)c3cccc([C@@H]4CN(C)Cc5c(Cl)cc(Cl)cc54)c3)NC(=O)NC(CO)(CO)CO)c2)C1. The van der Waals surface area contributed by atoms with Gasteiger partial charge in [0.2, 0.25) is 47.8 Å². The molecule has 0 spiro atoms. The number of hydrogen-bond donors (Lipinski definition) is 11. The number of sulfonamides is 3. The fourth-order valence-electron chi connectivity index (χ4n) is 14.5. The van der Waals surface area contributed by atoms with E-state index >= 15 is 0 Å². The summed E-state index contributed by atoms with van der Waals surface area (Å²) in [4.78, 5) is 61.5. The first-order valence-electron chi connectivity index (χ1n) is 39.3. The van der Waals surface area contributed by atoms with Crippen LogP contribution in [0.1, 0.15) is 106 Å². The number of hydrogen-bond acceptors (Lipinski definition) is 22. The smallest absolute Gasteiger partial charge is 0.315 e. The highest BCUT2D eigenvalue weighted by Gasteiger charge is 2.38. The number of ether oxygens (including phenoxy) is 6. The maximum atomic E-state index is 14.0. The minimum absolute atomic E-state index is 0.0218. The first kappa shape index (κ1) is 97.8. The molecule has 0 radical (unpaired) electrons. The number of carbonyl (C=O) groups excluding carboxylic acids is 4. The summed E-state index contributed by atoms with van der Waals surface area (Å²) in [5.41, 5.74) is 4.57. The van der Waals surface area contributed by atoms with Gasteiger partial charge in [0.1, 0.15) is 5.54 Å². The number of halogens is 6. The van der Waals surface area contributed by atoms with Crippen molar-refractivity contribution in [3.63, 3.8) is 0 Å². The molecule has 3 aliphatic rings. The third-order valence-corrected chi connectivity index (χ3v) is 26.8. The van der Waals surface area contributed by atoms with Crippen LogP contribution in [0.2, 0.25) is 30.1 Å². The molecule has 9 rings (SSSR count). The lowest BCUT2D eigenvalue weighted by Crippen LogP contribution is -2.63. The van der Waals surface area contributed by atoms with Gasteiger partial charge in [0, 0.05) is 151 Å². The molecule has 0 aliphatic carbocycles. The van der Waals surface area contributed by atoms with Crippen molar-refractivity contribution in [2.24, 2.45) is 0 Å². The van der Waals surface area contributed by atoms with E-state index in [0.717, 1.165) is 50.1 Å². The van der Waals surface area contributed by atoms with Gasteiger partial charge in [0.25, 0.3) is 0 Å². The number of urea groups is 1. The Bertz CT molecular complexity index is 4350. The Balaban J connectivity index is 0.725. The normalized spacial score (nSPS) is 16.1. The van der Waals surface area contributed by atoms with Crippen molar-refractivity contribution in [1.82, 2.24) is 55.4 Å². The van der Waals surface area contributed by atoms with E-state index in [4.69, 9.17) is 98.0 Å². The maximum Gasteiger partial charge on any atom is 0.315 e. The molecule has 660 valence electrons. The van der Waals surface area contributed by atoms with Gasteiger partial charge in [-0.15, -0.1) is 0 Å². The zero-order valence-corrected chi connectivity index (χ0v) is 74.2. The van der Waals surface area contributed by atoms with E-state index in [1.54, 1.807) is 54.6 Å². The van der Waals surface area contributed by atoms with Crippen LogP contribution >= 0.6 is 69.6 Å². The topological polar surface area (TPSA) is 393 Å². The van der Waals surface area contributed by atoms with Crippen LogP contribution in [0.15, 0.2) is 124 Å². The van der Waals surface area contributed by atoms with Gasteiger partial charge >= 0.3 is 6.03 Å². The lowest BCUT2D eigenvalue weighted by Gasteiger charge is -2.37. The number of carbonyl (C=O) groups is 4. The predicted molar refractivity (Wildman–Crippen MR) is 459 cm³/mol. The number of likely N-dealkylation sites (N-methyl/N-ethyl adjacent to an activating group) is 3. The zero-order valence-electron chi connectivity index (χ0n) is 67.2. The van der Waals surface area contributed by atoms with Crippen molar-refractivity contribution in [2.75, 3.05) is 179 Å². The van der Waals surface area contributed by atoms with Gasteiger partial charge in [0.05, 0.1) is 114 Å². The van der Waals surface area contributed by atoms with Crippen LogP contribution < -0.4 is 40.8 Å². The summed E-state index contributed by atoms with van der Waals surface area (Å²) in [6.07, 6.45) is -1.26. The molecule has 3 atom stereocenters. The number of nitrogens with one attached hydrogen (secondary N) is 8. The molecule has 6 aromatic rings. The standard InChI is InChI=1S/C81H107Cl6N11O19S3/c1-96-46-67(64-40-58(82)43-73(85)70(64)49-96)55-7-4-10-61(37-55)118(106,107)91-22-28-115-34-31-112-25-19-88-76(102)13-16-80(94-79(105)95-81(52-99,53-100)54-101,17-14-77(103)89-20-26-113-32-35-116-29-23-92-119(108,109)62-11-5-8-56(38-62)68-47-97(2)50-71-65(68)41-59(83)44-74(71)86)18-15-78(104)90-21-27-114-33-36-117-30-24-93-120(110,111)63-12-6-9-57(39-63)69-48-98(3)51-72-66(69)42-60(84)45-75(72)87/h4-12,37-45,67-69,91-93,99-101H,13-36,46-54H2,1-3H3,(H,88,102)(H,89,103)(H,90,104)(H2,94,95,105)/t67-,68-,69-/m0/s1. The third kappa shape index (κ3) is 29.3. The summed E-state index contributed by atoms with van der Waals surface area (Å²) >= 11 is 38.9. The largest absolute Gasteiger partial charge is 0.394 e. The highest BCUT2D eigenvalue weighted by Crippen LogP contribution is 2.43. The van der Waals surface area contributed by atoms with Gasteiger partial charge < -0.3 is 85.0 Å². The van der Waals surface area contributed by atoms with Gasteiger partial charge in [-0.05, 0) is 163 Å². The first-order chi connectivity index (χ1) is 57.3. The van der Waals surface area contributed by atoms with E-state index in [2.05, 4.69) is 55.4 Å². The molecule has 0 fully saturated rings. The Labute approximate surface area is 732 Å². The number of nitrogens with zero attached hydrogens (tertiary/aromatic N) is 3. The zero-order chi connectivity index (χ0) is 86.6. The molecule has 0 saturated carbocycles. The Hall–Kier alpha value is -6.01. The summed E-state index contributed by atoms with van der Waals surface area (Å²) < 4.78 is 122. The maximum absolute atomic E-state index is 14.0. The Morgan fingerprint density at radius 3 is 0.925 bits per heavy atom. The summed E-state index contributed by atoms with van der Waals surface area (Å²) in [6.45, 7) is 1.81. The van der Waals surface area contributed by atoms with Crippen LogP contribution in [0.3, 0.4) is 0 Å². The molecule has 3 aliphatic heterocycles. The summed E-state index contributed by atoms with van der Waals surface area (Å²) in [5.74, 6) is -2.01. The molecule has 0 saturated heterocycles. The number of benzene rings is 6. The number of amides is 5. The van der Waals surface area contributed by atoms with E-state index in [1.165, 1.54) is 18.2 Å². The van der Waals surface area contributed by atoms with Gasteiger partial charge in [-0.25, -0.2) is 44.2 Å².